The number of carbonyl (C=O) groups is 2. The summed E-state index contributed by atoms with van der Waals surface area (Å²) < 4.78 is 12.1. The largest absolute Gasteiger partial charge is 0.465 e. The number of para-hydroxylation sites is 1. The summed E-state index contributed by atoms with van der Waals surface area (Å²) in [6, 6.07) is 10.7. The summed E-state index contributed by atoms with van der Waals surface area (Å²) in [7, 11) is 3.05. The van der Waals surface area contributed by atoms with Crippen molar-refractivity contribution < 1.29 is 19.1 Å². The van der Waals surface area contributed by atoms with Gasteiger partial charge in [-0.3, -0.25) is 9.36 Å². The summed E-state index contributed by atoms with van der Waals surface area (Å²) in [4.78, 5) is 45.6. The second-order valence-corrected chi connectivity index (χ2v) is 12.1. The maximum absolute atomic E-state index is 13.7. The Hall–Kier alpha value is -4.32. The van der Waals surface area contributed by atoms with Crippen LogP contribution in [0.2, 0.25) is 0 Å². The second kappa shape index (κ2) is 9.95. The van der Waals surface area contributed by atoms with E-state index in [1.54, 1.807) is 28.6 Å². The number of ether oxygens (including phenoxy) is 2. The van der Waals surface area contributed by atoms with E-state index in [4.69, 9.17) is 20.9 Å². The van der Waals surface area contributed by atoms with Crippen LogP contribution < -0.4 is 10.9 Å². The van der Waals surface area contributed by atoms with E-state index in [1.165, 1.54) is 7.11 Å². The lowest BCUT2D eigenvalue weighted by molar-refractivity contribution is 0.0265. The van der Waals surface area contributed by atoms with Crippen LogP contribution in [0, 0.1) is 31.1 Å². The van der Waals surface area contributed by atoms with E-state index in [2.05, 4.69) is 11.2 Å². The molecule has 2 fully saturated rings. The number of esters is 1. The monoisotopic (exact) mass is 556 g/mol. The molecule has 1 aliphatic carbocycles. The fraction of sp³-hybridized carbons (Fsp3) is 0.438. The van der Waals surface area contributed by atoms with Crippen LogP contribution in [-0.4, -0.2) is 52.3 Å². The quantitative estimate of drug-likeness (QED) is 0.363. The number of piperidine rings is 1. The van der Waals surface area contributed by atoms with Crippen molar-refractivity contribution >= 4 is 28.7 Å². The molecule has 1 aromatic heterocycles. The third-order valence-corrected chi connectivity index (χ3v) is 8.17. The number of hydrogen-bond donors (Lipinski definition) is 1. The first-order valence-electron chi connectivity index (χ1n) is 13.7. The highest BCUT2D eigenvalue weighted by molar-refractivity contribution is 5.95. The number of hydrogen-bond acceptors (Lipinski definition) is 7. The molecule has 1 saturated heterocycles. The molecule has 41 heavy (non-hydrogen) atoms. The molecule has 2 aliphatic rings. The molecule has 1 N–H and O–H groups in total. The molecule has 2 unspecified atom stereocenters. The number of terminal acetylenes is 1. The second-order valence-electron chi connectivity index (χ2n) is 12.1. The SMILES string of the molecule is C#CC1(c2nc3c(C(C)Nc4ccccc4C(=O)OC)cc(C)cc3c(=O)n2C)[C@@H]2CN(C(=O)OC(C)(C)C)C[C@@H]21. The third-order valence-electron chi connectivity index (χ3n) is 8.17. The average Bonchev–Trinajstić information content (AvgIpc) is 3.27. The number of aryl methyl sites for hydroxylation is 1. The first-order chi connectivity index (χ1) is 19.3. The molecule has 2 aromatic carbocycles. The molecule has 9 heteroatoms. The lowest BCUT2D eigenvalue weighted by atomic mass is 9.97. The van der Waals surface area contributed by atoms with Crippen molar-refractivity contribution in [2.75, 3.05) is 25.5 Å². The van der Waals surface area contributed by atoms with Crippen LogP contribution in [0.5, 0.6) is 0 Å². The fourth-order valence-electron chi connectivity index (χ4n) is 6.18. The van der Waals surface area contributed by atoms with Gasteiger partial charge in [0.05, 0.1) is 35.0 Å². The molecule has 0 bridgehead atoms. The molecule has 3 aromatic rings. The van der Waals surface area contributed by atoms with Crippen LogP contribution in [0.25, 0.3) is 10.9 Å². The molecule has 4 atom stereocenters. The van der Waals surface area contributed by atoms with Crippen molar-refractivity contribution in [3.63, 3.8) is 0 Å². The molecular formula is C32H36N4O5. The lowest BCUT2D eigenvalue weighted by Gasteiger charge is -2.28. The van der Waals surface area contributed by atoms with Crippen molar-refractivity contribution in [1.29, 1.82) is 0 Å². The minimum atomic E-state index is -0.753. The number of benzene rings is 2. The number of carbonyl (C=O) groups excluding carboxylic acids is 2. The van der Waals surface area contributed by atoms with Crippen LogP contribution in [0.1, 0.15) is 61.0 Å². The van der Waals surface area contributed by atoms with E-state index in [0.29, 0.717) is 41.1 Å². The minimum absolute atomic E-state index is 0.0213. The molecule has 0 spiro atoms. The van der Waals surface area contributed by atoms with Crippen LogP contribution >= 0.6 is 0 Å². The van der Waals surface area contributed by atoms with E-state index in [9.17, 15) is 14.4 Å². The van der Waals surface area contributed by atoms with E-state index >= 15 is 0 Å². The van der Waals surface area contributed by atoms with Crippen LogP contribution in [0.15, 0.2) is 41.2 Å². The smallest absolute Gasteiger partial charge is 0.410 e. The van der Waals surface area contributed by atoms with E-state index in [1.807, 2.05) is 58.9 Å². The standard InChI is InChI=1S/C32H36N4O5/c1-9-32(23-16-36(17-24(23)32)30(39)41-31(4,5)6)29-34-26-21(14-18(2)15-22(26)27(37)35(29)7)19(3)33-25-13-11-10-12-20(25)28(38)40-8/h1,10-15,19,23-24,33H,16-17H2,2-8H3/t19?,23-,24+,32?. The Morgan fingerprint density at radius 3 is 2.46 bits per heavy atom. The molecule has 2 heterocycles. The predicted molar refractivity (Wildman–Crippen MR) is 157 cm³/mol. The molecule has 0 radical (unpaired) electrons. The fourth-order valence-corrected chi connectivity index (χ4v) is 6.18. The number of rotatable bonds is 5. The Balaban J connectivity index is 1.53. The van der Waals surface area contributed by atoms with Crippen LogP contribution in [-0.2, 0) is 21.9 Å². The zero-order chi connectivity index (χ0) is 29.9. The van der Waals surface area contributed by atoms with Crippen molar-refractivity contribution in [3.8, 4) is 12.3 Å². The summed E-state index contributed by atoms with van der Waals surface area (Å²) in [5.41, 5.74) is 1.79. The number of fused-ring (bicyclic) bond motifs is 2. The molecule has 1 amide bonds. The highest BCUT2D eigenvalue weighted by Gasteiger charge is 2.71. The minimum Gasteiger partial charge on any atom is -0.465 e. The van der Waals surface area contributed by atoms with Gasteiger partial charge in [-0.05, 0) is 58.4 Å². The normalized spacial score (nSPS) is 22.0. The summed E-state index contributed by atoms with van der Waals surface area (Å²) in [6.07, 6.45) is 5.80. The summed E-state index contributed by atoms with van der Waals surface area (Å²) in [6.45, 7) is 10.3. The maximum Gasteiger partial charge on any atom is 0.410 e. The average molecular weight is 557 g/mol. The number of nitrogens with zero attached hydrogens (tertiary/aromatic N) is 3. The van der Waals surface area contributed by atoms with Crippen molar-refractivity contribution in [2.45, 2.75) is 51.7 Å². The highest BCUT2D eigenvalue weighted by atomic mass is 16.6. The zero-order valence-corrected chi connectivity index (χ0v) is 24.6. The molecule has 5 rings (SSSR count). The van der Waals surface area contributed by atoms with Gasteiger partial charge in [0, 0.05) is 43.2 Å². The Morgan fingerprint density at radius 2 is 1.85 bits per heavy atom. The zero-order valence-electron chi connectivity index (χ0n) is 24.6. The molecule has 214 valence electrons. The number of aromatic nitrogens is 2. The van der Waals surface area contributed by atoms with Gasteiger partial charge in [-0.1, -0.05) is 24.1 Å². The summed E-state index contributed by atoms with van der Waals surface area (Å²) in [5, 5.41) is 3.91. The lowest BCUT2D eigenvalue weighted by Crippen LogP contribution is -2.40. The van der Waals surface area contributed by atoms with Crippen molar-refractivity contribution in [3.05, 3.63) is 69.3 Å². The number of likely N-dealkylation sites (tertiary alicyclic amines) is 1. The van der Waals surface area contributed by atoms with Gasteiger partial charge in [0.2, 0.25) is 0 Å². The van der Waals surface area contributed by atoms with Crippen LogP contribution in [0.3, 0.4) is 0 Å². The first-order valence-corrected chi connectivity index (χ1v) is 13.7. The molecule has 1 saturated carbocycles. The van der Waals surface area contributed by atoms with Gasteiger partial charge in [-0.15, -0.1) is 6.42 Å². The van der Waals surface area contributed by atoms with Gasteiger partial charge in [-0.2, -0.15) is 0 Å². The molecule has 1 aliphatic heterocycles. The number of anilines is 1. The van der Waals surface area contributed by atoms with Gasteiger partial charge in [0.15, 0.2) is 0 Å². The van der Waals surface area contributed by atoms with Gasteiger partial charge in [0.1, 0.15) is 11.4 Å². The maximum atomic E-state index is 13.7. The first kappa shape index (κ1) is 28.2. The molecule has 9 nitrogen and oxygen atoms in total. The topological polar surface area (TPSA) is 103 Å². The van der Waals surface area contributed by atoms with Crippen LogP contribution in [0.4, 0.5) is 10.5 Å². The molecular weight excluding hydrogens is 520 g/mol. The van der Waals surface area contributed by atoms with Gasteiger partial charge in [-0.25, -0.2) is 14.6 Å². The Labute approximate surface area is 239 Å². The van der Waals surface area contributed by atoms with Crippen molar-refractivity contribution in [2.24, 2.45) is 18.9 Å². The summed E-state index contributed by atoms with van der Waals surface area (Å²) >= 11 is 0. The number of methoxy groups -OCH3 is 1. The Kier molecular flexibility index (Phi) is 6.85. The van der Waals surface area contributed by atoms with E-state index < -0.39 is 17.0 Å². The Bertz CT molecular complexity index is 1650. The van der Waals surface area contributed by atoms with Crippen molar-refractivity contribution in [1.82, 2.24) is 14.5 Å². The van der Waals surface area contributed by atoms with Gasteiger partial charge < -0.3 is 19.7 Å². The van der Waals surface area contributed by atoms with E-state index in [-0.39, 0.29) is 29.5 Å². The number of nitrogens with one attached hydrogen (secondary N) is 1. The van der Waals surface area contributed by atoms with Gasteiger partial charge >= 0.3 is 12.1 Å². The number of amides is 1. The Morgan fingerprint density at radius 1 is 1.20 bits per heavy atom. The van der Waals surface area contributed by atoms with Gasteiger partial charge in [0.25, 0.3) is 5.56 Å². The van der Waals surface area contributed by atoms with E-state index in [0.717, 1.165) is 11.1 Å². The predicted octanol–water partition coefficient (Wildman–Crippen LogP) is 4.57. The highest BCUT2D eigenvalue weighted by Crippen LogP contribution is 2.62. The third kappa shape index (κ3) is 4.71. The summed E-state index contributed by atoms with van der Waals surface area (Å²) in [5.74, 6) is 3.01.